The Morgan fingerprint density at radius 1 is 0.800 bits per heavy atom. The van der Waals surface area contributed by atoms with E-state index in [0.717, 1.165) is 0 Å². The molecule has 11 nitrogen and oxygen atoms in total. The van der Waals surface area contributed by atoms with Crippen molar-refractivity contribution >= 4 is 29.7 Å². The molecular formula is C24H41N5O6. The molecule has 2 heterocycles. The van der Waals surface area contributed by atoms with E-state index in [1.807, 2.05) is 34.6 Å². The van der Waals surface area contributed by atoms with Crippen LogP contribution in [-0.2, 0) is 23.9 Å². The molecule has 2 saturated heterocycles. The monoisotopic (exact) mass is 495 g/mol. The molecule has 0 aromatic rings. The van der Waals surface area contributed by atoms with E-state index in [4.69, 9.17) is 0 Å². The first-order valence-electron chi connectivity index (χ1n) is 12.4. The van der Waals surface area contributed by atoms with E-state index in [0.29, 0.717) is 32.5 Å². The maximum absolute atomic E-state index is 12.8. The minimum Gasteiger partial charge on any atom is -0.453 e. The molecule has 4 atom stereocenters. The second-order valence-electron chi connectivity index (χ2n) is 10.2. The van der Waals surface area contributed by atoms with Gasteiger partial charge in [0.2, 0.25) is 23.6 Å². The van der Waals surface area contributed by atoms with Crippen LogP contribution in [-0.4, -0.2) is 85.5 Å². The molecule has 198 valence electrons. The van der Waals surface area contributed by atoms with Gasteiger partial charge >= 0.3 is 6.09 Å². The van der Waals surface area contributed by atoms with Gasteiger partial charge in [0, 0.05) is 32.1 Å². The van der Waals surface area contributed by atoms with Crippen molar-refractivity contribution in [2.24, 2.45) is 29.6 Å². The van der Waals surface area contributed by atoms with Gasteiger partial charge in [0.25, 0.3) is 0 Å². The lowest BCUT2D eigenvalue weighted by Crippen LogP contribution is -2.51. The number of rotatable bonds is 9. The molecule has 0 radical (unpaired) electrons. The van der Waals surface area contributed by atoms with E-state index < -0.39 is 12.1 Å². The molecule has 5 amide bonds. The largest absolute Gasteiger partial charge is 0.453 e. The highest BCUT2D eigenvalue weighted by atomic mass is 16.5. The van der Waals surface area contributed by atoms with Crippen LogP contribution in [0.5, 0.6) is 0 Å². The average Bonchev–Trinajstić information content (AvgIpc) is 3.51. The number of ether oxygens (including phenoxy) is 1. The van der Waals surface area contributed by atoms with Gasteiger partial charge < -0.3 is 30.5 Å². The van der Waals surface area contributed by atoms with Crippen LogP contribution in [0, 0.1) is 29.6 Å². The zero-order valence-corrected chi connectivity index (χ0v) is 21.8. The Morgan fingerprint density at radius 3 is 1.71 bits per heavy atom. The summed E-state index contributed by atoms with van der Waals surface area (Å²) >= 11 is 0. The van der Waals surface area contributed by atoms with Gasteiger partial charge in [-0.2, -0.15) is 0 Å². The fourth-order valence-electron chi connectivity index (χ4n) is 4.33. The van der Waals surface area contributed by atoms with Gasteiger partial charge in [-0.25, -0.2) is 4.79 Å². The maximum atomic E-state index is 12.8. The number of carbonyl (C=O) groups is 5. The van der Waals surface area contributed by atoms with Crippen LogP contribution in [0.3, 0.4) is 0 Å². The molecule has 2 fully saturated rings. The summed E-state index contributed by atoms with van der Waals surface area (Å²) in [7, 11) is 1.24. The summed E-state index contributed by atoms with van der Waals surface area (Å²) in [6.07, 6.45) is 0.431. The van der Waals surface area contributed by atoms with Crippen LogP contribution in [0.4, 0.5) is 4.79 Å². The summed E-state index contributed by atoms with van der Waals surface area (Å²) in [5.41, 5.74) is 0. The summed E-state index contributed by atoms with van der Waals surface area (Å²) in [4.78, 5) is 65.4. The quantitative estimate of drug-likeness (QED) is 0.400. The molecule has 35 heavy (non-hydrogen) atoms. The zero-order valence-electron chi connectivity index (χ0n) is 21.8. The minimum atomic E-state index is -0.732. The molecule has 11 heteroatoms. The van der Waals surface area contributed by atoms with Crippen molar-refractivity contribution in [3.63, 3.8) is 0 Å². The maximum Gasteiger partial charge on any atom is 0.407 e. The fraction of sp³-hybridized carbons (Fsp3) is 0.792. The average molecular weight is 496 g/mol. The van der Waals surface area contributed by atoms with Gasteiger partial charge in [-0.15, -0.1) is 0 Å². The van der Waals surface area contributed by atoms with E-state index >= 15 is 0 Å². The summed E-state index contributed by atoms with van der Waals surface area (Å²) in [6, 6.07) is -0.732. The van der Waals surface area contributed by atoms with Crippen molar-refractivity contribution in [2.45, 2.75) is 53.5 Å². The van der Waals surface area contributed by atoms with Crippen molar-refractivity contribution in [2.75, 3.05) is 40.0 Å². The summed E-state index contributed by atoms with van der Waals surface area (Å²) in [6.45, 7) is 11.2. The molecule has 0 bridgehead atoms. The Kier molecular flexibility index (Phi) is 10.3. The van der Waals surface area contributed by atoms with Crippen LogP contribution in [0.25, 0.3) is 0 Å². The Balaban J connectivity index is 1.76. The minimum absolute atomic E-state index is 0.00648. The van der Waals surface area contributed by atoms with E-state index in [9.17, 15) is 24.0 Å². The molecule has 2 aliphatic heterocycles. The van der Waals surface area contributed by atoms with Gasteiger partial charge in [-0.05, 0) is 24.7 Å². The summed E-state index contributed by atoms with van der Waals surface area (Å²) < 4.78 is 4.60. The lowest BCUT2D eigenvalue weighted by atomic mass is 9.97. The lowest BCUT2D eigenvalue weighted by molar-refractivity contribution is -0.136. The van der Waals surface area contributed by atoms with Crippen molar-refractivity contribution in [1.82, 2.24) is 25.8 Å². The molecule has 0 saturated carbocycles. The van der Waals surface area contributed by atoms with E-state index in [1.165, 1.54) is 7.11 Å². The highest BCUT2D eigenvalue weighted by Crippen LogP contribution is 2.22. The molecule has 2 rings (SSSR count). The number of amides is 5. The van der Waals surface area contributed by atoms with E-state index in [-0.39, 0.29) is 66.4 Å². The van der Waals surface area contributed by atoms with Crippen LogP contribution in [0.1, 0.15) is 47.5 Å². The van der Waals surface area contributed by atoms with Crippen molar-refractivity contribution in [1.29, 1.82) is 0 Å². The Morgan fingerprint density at radius 2 is 1.29 bits per heavy atom. The molecule has 0 aliphatic carbocycles. The van der Waals surface area contributed by atoms with Gasteiger partial charge in [0.1, 0.15) is 6.04 Å². The Bertz CT molecular complexity index is 801. The van der Waals surface area contributed by atoms with Gasteiger partial charge in [0.15, 0.2) is 0 Å². The van der Waals surface area contributed by atoms with Crippen molar-refractivity contribution in [3.8, 4) is 0 Å². The number of alkyl carbamates (subject to hydrolysis) is 1. The normalized spacial score (nSPS) is 21.6. The lowest BCUT2D eigenvalue weighted by Gasteiger charge is -2.26. The number of hydrogen-bond donors (Lipinski definition) is 3. The smallest absolute Gasteiger partial charge is 0.407 e. The number of methoxy groups -OCH3 is 1. The van der Waals surface area contributed by atoms with Crippen LogP contribution in [0.2, 0.25) is 0 Å². The first kappa shape index (κ1) is 28.4. The third kappa shape index (κ3) is 7.57. The number of nitrogens with zero attached hydrogens (tertiary/aromatic N) is 2. The van der Waals surface area contributed by atoms with Crippen molar-refractivity contribution in [3.05, 3.63) is 0 Å². The molecular weight excluding hydrogens is 454 g/mol. The first-order chi connectivity index (χ1) is 16.5. The topological polar surface area (TPSA) is 137 Å². The predicted octanol–water partition coefficient (Wildman–Crippen LogP) is 0.546. The SMILES string of the molecule is COC(=O)N[C@H](C(=O)N1CC[C@H](C(=O)NCNC(=O)[C@H]2CCN(C(=O)[C@@H](C)C(C)C)C2)C1)C(C)C. The Hall–Kier alpha value is -2.85. The van der Waals surface area contributed by atoms with Crippen LogP contribution in [0.15, 0.2) is 0 Å². The zero-order chi connectivity index (χ0) is 26.3. The molecule has 0 spiro atoms. The van der Waals surface area contributed by atoms with Gasteiger partial charge in [-0.1, -0.05) is 34.6 Å². The first-order valence-corrected chi connectivity index (χ1v) is 12.4. The standard InChI is InChI=1S/C24H41N5O6/c1-14(2)16(5)22(32)28-9-7-17(11-28)20(30)25-13-26-21(31)18-8-10-29(12-18)23(33)19(15(3)4)27-24(34)35-6/h14-19H,7-13H2,1-6H3,(H,25,30)(H,26,31)(H,27,34)/t16-,17-,18-,19-/m0/s1. The van der Waals surface area contributed by atoms with Crippen LogP contribution < -0.4 is 16.0 Å². The van der Waals surface area contributed by atoms with E-state index in [2.05, 4.69) is 20.7 Å². The third-order valence-corrected chi connectivity index (χ3v) is 7.05. The van der Waals surface area contributed by atoms with Crippen LogP contribution >= 0.6 is 0 Å². The van der Waals surface area contributed by atoms with Crippen molar-refractivity contribution < 1.29 is 28.7 Å². The number of likely N-dealkylation sites (tertiary alicyclic amines) is 2. The number of hydrogen-bond acceptors (Lipinski definition) is 6. The summed E-state index contributed by atoms with van der Waals surface area (Å²) in [5.74, 6) is -1.25. The molecule has 3 N–H and O–H groups in total. The predicted molar refractivity (Wildman–Crippen MR) is 129 cm³/mol. The highest BCUT2D eigenvalue weighted by molar-refractivity contribution is 5.88. The van der Waals surface area contributed by atoms with Gasteiger partial charge in [0.05, 0.1) is 25.6 Å². The fourth-order valence-corrected chi connectivity index (χ4v) is 4.33. The van der Waals surface area contributed by atoms with E-state index in [1.54, 1.807) is 9.80 Å². The highest BCUT2D eigenvalue weighted by Gasteiger charge is 2.36. The number of nitrogens with one attached hydrogen (secondary N) is 3. The molecule has 0 unspecified atom stereocenters. The van der Waals surface area contributed by atoms with Gasteiger partial charge in [-0.3, -0.25) is 19.2 Å². The summed E-state index contributed by atoms with van der Waals surface area (Å²) in [5, 5.41) is 8.01. The Labute approximate surface area is 207 Å². The molecule has 0 aromatic carbocycles. The third-order valence-electron chi connectivity index (χ3n) is 7.05. The molecule has 2 aliphatic rings. The second-order valence-corrected chi connectivity index (χ2v) is 10.2. The number of carbonyl (C=O) groups excluding carboxylic acids is 5. The molecule has 0 aromatic heterocycles. The second kappa shape index (κ2) is 12.7.